The minimum atomic E-state index is -0.0522. The number of carbonyl (C=O) groups is 1. The molecule has 0 bridgehead atoms. The van der Waals surface area contributed by atoms with Crippen LogP contribution in [-0.2, 0) is 19.0 Å². The van der Waals surface area contributed by atoms with Gasteiger partial charge >= 0.3 is 0 Å². The Morgan fingerprint density at radius 3 is 2.74 bits per heavy atom. The lowest BCUT2D eigenvalue weighted by atomic mass is 9.79. The summed E-state index contributed by atoms with van der Waals surface area (Å²) in [5.41, 5.74) is 5.49. The maximum atomic E-state index is 12.8. The van der Waals surface area contributed by atoms with Crippen LogP contribution in [0.1, 0.15) is 40.3 Å². The predicted molar refractivity (Wildman–Crippen MR) is 105 cm³/mol. The Hall–Kier alpha value is -2.60. The lowest BCUT2D eigenvalue weighted by Crippen LogP contribution is -2.55. The molecule has 0 aliphatic carbocycles. The Labute approximate surface area is 158 Å². The molecule has 0 atom stereocenters. The fraction of sp³-hybridized carbons (Fsp3) is 0.429. The van der Waals surface area contributed by atoms with Crippen molar-refractivity contribution in [1.82, 2.24) is 25.0 Å². The molecule has 4 heterocycles. The number of carbonyl (C=O) groups excluding carboxylic acids is 1. The van der Waals surface area contributed by atoms with E-state index in [9.17, 15) is 4.79 Å². The molecule has 6 nitrogen and oxygen atoms in total. The molecule has 1 amide bonds. The van der Waals surface area contributed by atoms with Gasteiger partial charge in [-0.15, -0.1) is 0 Å². The van der Waals surface area contributed by atoms with Crippen molar-refractivity contribution in [3.63, 3.8) is 0 Å². The molecule has 27 heavy (non-hydrogen) atoms. The molecule has 0 radical (unpaired) electrons. The molecule has 1 fully saturated rings. The van der Waals surface area contributed by atoms with Gasteiger partial charge in [-0.1, -0.05) is 18.2 Å². The SMILES string of the molecule is Cc1cc(C(=O)N2CCC3(CC2)NCCc2c3[nH]c3ccccc23)nn1C. The first-order valence-corrected chi connectivity index (χ1v) is 9.72. The van der Waals surface area contributed by atoms with E-state index in [1.165, 1.54) is 22.2 Å². The molecule has 6 heteroatoms. The average Bonchev–Trinajstić information content (AvgIpc) is 3.23. The molecule has 1 saturated heterocycles. The molecule has 0 unspecified atom stereocenters. The number of fused-ring (bicyclic) bond motifs is 4. The standard InChI is InChI=1S/C21H25N5O/c1-14-13-18(24-25(14)2)20(27)26-11-8-21(9-12-26)19-16(7-10-22-21)15-5-3-4-6-17(15)23-19/h3-6,13,22-23H,7-12H2,1-2H3. The van der Waals surface area contributed by atoms with E-state index in [4.69, 9.17) is 0 Å². The second kappa shape index (κ2) is 5.96. The largest absolute Gasteiger partial charge is 0.357 e. The van der Waals surface area contributed by atoms with Crippen molar-refractivity contribution in [2.45, 2.75) is 31.7 Å². The number of aryl methyl sites for hydroxylation is 2. The zero-order chi connectivity index (χ0) is 18.6. The number of amides is 1. The van der Waals surface area contributed by atoms with Gasteiger partial charge in [0.05, 0.1) is 5.54 Å². The number of aromatic nitrogens is 3. The minimum absolute atomic E-state index is 0.0428. The number of H-pyrrole nitrogens is 1. The third-order valence-electron chi connectivity index (χ3n) is 6.37. The summed E-state index contributed by atoms with van der Waals surface area (Å²) < 4.78 is 1.76. The van der Waals surface area contributed by atoms with Gasteiger partial charge in [-0.25, -0.2) is 0 Å². The molecular formula is C21H25N5O. The van der Waals surface area contributed by atoms with Crippen LogP contribution in [0, 0.1) is 6.92 Å². The molecular weight excluding hydrogens is 338 g/mol. The third kappa shape index (κ3) is 2.51. The first-order chi connectivity index (χ1) is 13.1. The molecule has 3 aromatic rings. The van der Waals surface area contributed by atoms with Gasteiger partial charge in [-0.2, -0.15) is 5.10 Å². The second-order valence-corrected chi connectivity index (χ2v) is 7.87. The number of rotatable bonds is 1. The maximum Gasteiger partial charge on any atom is 0.274 e. The zero-order valence-electron chi connectivity index (χ0n) is 15.9. The van der Waals surface area contributed by atoms with E-state index in [2.05, 4.69) is 39.7 Å². The summed E-state index contributed by atoms with van der Waals surface area (Å²) in [4.78, 5) is 18.5. The highest BCUT2D eigenvalue weighted by Crippen LogP contribution is 2.40. The van der Waals surface area contributed by atoms with Crippen molar-refractivity contribution in [3.05, 3.63) is 53.0 Å². The van der Waals surface area contributed by atoms with Gasteiger partial charge in [0.1, 0.15) is 0 Å². The number of hydrogen-bond acceptors (Lipinski definition) is 3. The first kappa shape index (κ1) is 16.6. The second-order valence-electron chi connectivity index (χ2n) is 7.87. The molecule has 2 aliphatic rings. The molecule has 2 aliphatic heterocycles. The summed E-state index contributed by atoms with van der Waals surface area (Å²) in [6.07, 6.45) is 2.89. The summed E-state index contributed by atoms with van der Waals surface area (Å²) >= 11 is 0. The van der Waals surface area contributed by atoms with E-state index in [0.717, 1.165) is 44.6 Å². The van der Waals surface area contributed by atoms with Crippen molar-refractivity contribution < 1.29 is 4.79 Å². The number of hydrogen-bond donors (Lipinski definition) is 2. The summed E-state index contributed by atoms with van der Waals surface area (Å²) in [6.45, 7) is 4.45. The van der Waals surface area contributed by atoms with Crippen molar-refractivity contribution >= 4 is 16.8 Å². The molecule has 2 N–H and O–H groups in total. The maximum absolute atomic E-state index is 12.8. The number of aromatic amines is 1. The van der Waals surface area contributed by atoms with E-state index >= 15 is 0 Å². The van der Waals surface area contributed by atoms with Gasteiger partial charge in [0.2, 0.25) is 0 Å². The predicted octanol–water partition coefficient (Wildman–Crippen LogP) is 2.49. The smallest absolute Gasteiger partial charge is 0.274 e. The topological polar surface area (TPSA) is 66.0 Å². The van der Waals surface area contributed by atoms with Crippen LogP contribution < -0.4 is 5.32 Å². The Balaban J connectivity index is 1.41. The number of para-hydroxylation sites is 1. The van der Waals surface area contributed by atoms with Crippen LogP contribution >= 0.6 is 0 Å². The molecule has 1 aromatic carbocycles. The van der Waals surface area contributed by atoms with Crippen LogP contribution in [0.15, 0.2) is 30.3 Å². The Morgan fingerprint density at radius 1 is 1.22 bits per heavy atom. The molecule has 1 spiro atoms. The van der Waals surface area contributed by atoms with E-state index < -0.39 is 0 Å². The quantitative estimate of drug-likeness (QED) is 0.698. The van der Waals surface area contributed by atoms with E-state index in [-0.39, 0.29) is 11.4 Å². The number of piperidine rings is 1. The van der Waals surface area contributed by atoms with Gasteiger partial charge in [0.15, 0.2) is 5.69 Å². The summed E-state index contributed by atoms with van der Waals surface area (Å²) in [5, 5.41) is 9.48. The van der Waals surface area contributed by atoms with Crippen LogP contribution in [0.25, 0.3) is 10.9 Å². The Kier molecular flexibility index (Phi) is 3.65. The minimum Gasteiger partial charge on any atom is -0.357 e. The van der Waals surface area contributed by atoms with E-state index in [1.807, 2.05) is 24.9 Å². The van der Waals surface area contributed by atoms with E-state index in [0.29, 0.717) is 5.69 Å². The fourth-order valence-corrected chi connectivity index (χ4v) is 4.73. The van der Waals surface area contributed by atoms with Gasteiger partial charge in [-0.05, 0) is 43.9 Å². The average molecular weight is 363 g/mol. The van der Waals surface area contributed by atoms with Gasteiger partial charge in [0.25, 0.3) is 5.91 Å². The highest BCUT2D eigenvalue weighted by Gasteiger charge is 2.42. The third-order valence-corrected chi connectivity index (χ3v) is 6.37. The monoisotopic (exact) mass is 363 g/mol. The highest BCUT2D eigenvalue weighted by atomic mass is 16.2. The van der Waals surface area contributed by atoms with E-state index in [1.54, 1.807) is 4.68 Å². The highest BCUT2D eigenvalue weighted by molar-refractivity contribution is 5.92. The van der Waals surface area contributed by atoms with Crippen molar-refractivity contribution in [2.75, 3.05) is 19.6 Å². The molecule has 140 valence electrons. The van der Waals surface area contributed by atoms with Gasteiger partial charge in [0, 0.05) is 49.0 Å². The van der Waals surface area contributed by atoms with Crippen molar-refractivity contribution in [2.24, 2.45) is 7.05 Å². The van der Waals surface area contributed by atoms with Crippen LogP contribution in [0.3, 0.4) is 0 Å². The van der Waals surface area contributed by atoms with Crippen LogP contribution in [0.5, 0.6) is 0 Å². The molecule has 5 rings (SSSR count). The molecule has 2 aromatic heterocycles. The van der Waals surface area contributed by atoms with Crippen LogP contribution in [-0.4, -0.2) is 45.2 Å². The van der Waals surface area contributed by atoms with Crippen LogP contribution in [0.4, 0.5) is 0 Å². The van der Waals surface area contributed by atoms with Crippen LogP contribution in [0.2, 0.25) is 0 Å². The Morgan fingerprint density at radius 2 is 2.00 bits per heavy atom. The number of nitrogens with zero attached hydrogens (tertiary/aromatic N) is 3. The van der Waals surface area contributed by atoms with Gasteiger partial charge in [-0.3, -0.25) is 9.48 Å². The Bertz CT molecular complexity index is 1000. The van der Waals surface area contributed by atoms with Crippen molar-refractivity contribution in [3.8, 4) is 0 Å². The lowest BCUT2D eigenvalue weighted by molar-refractivity contribution is 0.0620. The zero-order valence-corrected chi connectivity index (χ0v) is 15.9. The summed E-state index contributed by atoms with van der Waals surface area (Å²) in [6, 6.07) is 10.4. The van der Waals surface area contributed by atoms with Crippen molar-refractivity contribution in [1.29, 1.82) is 0 Å². The first-order valence-electron chi connectivity index (χ1n) is 9.72. The lowest BCUT2D eigenvalue weighted by Gasteiger charge is -2.44. The normalized spacial score (nSPS) is 18.8. The fourth-order valence-electron chi connectivity index (χ4n) is 4.73. The van der Waals surface area contributed by atoms with Gasteiger partial charge < -0.3 is 15.2 Å². The molecule has 0 saturated carbocycles. The summed E-state index contributed by atoms with van der Waals surface area (Å²) in [7, 11) is 1.88. The number of benzene rings is 1. The number of nitrogens with one attached hydrogen (secondary N) is 2. The number of likely N-dealkylation sites (tertiary alicyclic amines) is 1. The summed E-state index contributed by atoms with van der Waals surface area (Å²) in [5.74, 6) is 0.0428.